The molecule has 178 valence electrons. The second kappa shape index (κ2) is 11.1. The lowest BCUT2D eigenvalue weighted by Crippen LogP contribution is -2.33. The number of piperidine rings is 1. The van der Waals surface area contributed by atoms with Gasteiger partial charge in [0.25, 0.3) is 0 Å². The van der Waals surface area contributed by atoms with E-state index < -0.39 is 0 Å². The lowest BCUT2D eigenvalue weighted by molar-refractivity contribution is 0.183. The smallest absolute Gasteiger partial charge is 0.119 e. The summed E-state index contributed by atoms with van der Waals surface area (Å²) in [6, 6.07) is 19.2. The Labute approximate surface area is 201 Å². The van der Waals surface area contributed by atoms with Gasteiger partial charge in [-0.25, -0.2) is 0 Å². The topological polar surface area (TPSA) is 77.3 Å². The Morgan fingerprint density at radius 2 is 1.76 bits per heavy atom. The van der Waals surface area contributed by atoms with E-state index in [2.05, 4.69) is 21.4 Å². The van der Waals surface area contributed by atoms with Crippen LogP contribution < -0.4 is 10.1 Å². The highest BCUT2D eigenvalue weighted by Crippen LogP contribution is 2.34. The van der Waals surface area contributed by atoms with Gasteiger partial charge in [0.15, 0.2) is 0 Å². The zero-order valence-corrected chi connectivity index (χ0v) is 19.9. The van der Waals surface area contributed by atoms with Gasteiger partial charge in [-0.3, -0.25) is 4.90 Å². The Morgan fingerprint density at radius 1 is 1.00 bits per heavy atom. The Bertz CT molecular complexity index is 1140. The van der Waals surface area contributed by atoms with Crippen LogP contribution >= 0.6 is 0 Å². The van der Waals surface area contributed by atoms with E-state index in [1.165, 1.54) is 32.4 Å². The van der Waals surface area contributed by atoms with Crippen molar-refractivity contribution < 1.29 is 15.1 Å². The molecule has 3 N–H and O–H groups in total. The average molecular weight is 460 g/mol. The summed E-state index contributed by atoms with van der Waals surface area (Å²) in [7, 11) is 0. The van der Waals surface area contributed by atoms with Gasteiger partial charge in [0, 0.05) is 29.4 Å². The van der Waals surface area contributed by atoms with E-state index in [-0.39, 0.29) is 5.75 Å². The highest BCUT2D eigenvalue weighted by atomic mass is 16.5. The first-order valence-electron chi connectivity index (χ1n) is 11.9. The number of ether oxygens (including phenoxy) is 1. The molecular weight excluding hydrogens is 426 g/mol. The monoisotopic (exact) mass is 459 g/mol. The summed E-state index contributed by atoms with van der Waals surface area (Å²) in [4.78, 5) is 2.47. The number of hydrogen-bond donors (Lipinski definition) is 3. The van der Waals surface area contributed by atoms with Crippen LogP contribution in [-0.2, 0) is 0 Å². The molecule has 0 amide bonds. The van der Waals surface area contributed by atoms with Gasteiger partial charge < -0.3 is 20.4 Å². The predicted octanol–water partition coefficient (Wildman–Crippen LogP) is 6.17. The number of phenols is 1. The first-order chi connectivity index (χ1) is 16.5. The summed E-state index contributed by atoms with van der Waals surface area (Å²) in [6.45, 7) is 7.78. The second-order valence-corrected chi connectivity index (χ2v) is 8.85. The maximum atomic E-state index is 10.1. The number of anilines is 2. The van der Waals surface area contributed by atoms with Crippen LogP contribution in [0.1, 0.15) is 37.3 Å². The summed E-state index contributed by atoms with van der Waals surface area (Å²) in [5.74, 6) is 1.05. The molecule has 0 aromatic heterocycles. The molecule has 0 spiro atoms. The zero-order chi connectivity index (χ0) is 23.9. The number of likely N-dealkylation sites (tertiary alicyclic amines) is 1. The number of nitrogens with zero attached hydrogens (tertiary/aromatic N) is 2. The standard InChI is InChI=1S/C28H33N3O3/c1-20-18-22(6-12-26(20)21(2)30-33)27-13-9-24(32)19-28(27)29-23-7-10-25(11-8-23)34-17-16-31-14-4-3-5-15-31/h6-13,18-19,29,32-33H,3-5,14-17H2,1-2H3/b30-21+. The molecule has 1 aliphatic rings. The maximum absolute atomic E-state index is 10.1. The van der Waals surface area contributed by atoms with E-state index in [1.54, 1.807) is 19.1 Å². The lowest BCUT2D eigenvalue weighted by Gasteiger charge is -2.26. The normalized spacial score (nSPS) is 14.7. The molecule has 0 atom stereocenters. The molecular formula is C28H33N3O3. The molecule has 3 aromatic carbocycles. The molecule has 0 radical (unpaired) electrons. The number of hydrogen-bond acceptors (Lipinski definition) is 6. The van der Waals surface area contributed by atoms with Crippen molar-refractivity contribution in [2.45, 2.75) is 33.1 Å². The van der Waals surface area contributed by atoms with Crippen molar-refractivity contribution >= 4 is 17.1 Å². The maximum Gasteiger partial charge on any atom is 0.119 e. The molecule has 0 unspecified atom stereocenters. The van der Waals surface area contributed by atoms with Crippen molar-refractivity contribution in [3.63, 3.8) is 0 Å². The van der Waals surface area contributed by atoms with Crippen molar-refractivity contribution in [2.24, 2.45) is 5.16 Å². The van der Waals surface area contributed by atoms with E-state index in [1.807, 2.05) is 49.4 Å². The fourth-order valence-electron chi connectivity index (χ4n) is 4.44. The molecule has 0 saturated carbocycles. The van der Waals surface area contributed by atoms with Crippen molar-refractivity contribution in [1.82, 2.24) is 4.90 Å². The summed E-state index contributed by atoms with van der Waals surface area (Å²) in [5.41, 5.74) is 6.17. The summed E-state index contributed by atoms with van der Waals surface area (Å²) >= 11 is 0. The highest BCUT2D eigenvalue weighted by molar-refractivity contribution is 6.00. The van der Waals surface area contributed by atoms with Crippen molar-refractivity contribution in [2.75, 3.05) is 31.6 Å². The van der Waals surface area contributed by atoms with Crippen LogP contribution in [0.3, 0.4) is 0 Å². The average Bonchev–Trinajstić information content (AvgIpc) is 2.85. The van der Waals surface area contributed by atoms with E-state index in [0.29, 0.717) is 12.3 Å². The molecule has 3 aromatic rings. The number of benzene rings is 3. The summed E-state index contributed by atoms with van der Waals surface area (Å²) < 4.78 is 5.94. The van der Waals surface area contributed by atoms with Gasteiger partial charge in [0.05, 0.1) is 11.4 Å². The van der Waals surface area contributed by atoms with Gasteiger partial charge in [0.1, 0.15) is 18.1 Å². The van der Waals surface area contributed by atoms with Gasteiger partial charge in [0.2, 0.25) is 0 Å². The number of aromatic hydroxyl groups is 1. The summed E-state index contributed by atoms with van der Waals surface area (Å²) in [6.07, 6.45) is 3.92. The molecule has 6 heteroatoms. The SMILES string of the molecule is C/C(=N\O)c1ccc(-c2ccc(O)cc2Nc2ccc(OCCN3CCCCC3)cc2)cc1C. The number of aryl methyl sites for hydroxylation is 1. The molecule has 1 heterocycles. The quantitative estimate of drug-likeness (QED) is 0.213. The van der Waals surface area contributed by atoms with Crippen LogP contribution in [0, 0.1) is 6.92 Å². The fraction of sp³-hybridized carbons (Fsp3) is 0.321. The predicted molar refractivity (Wildman–Crippen MR) is 138 cm³/mol. The molecule has 6 nitrogen and oxygen atoms in total. The van der Waals surface area contributed by atoms with Crippen LogP contribution in [0.25, 0.3) is 11.1 Å². The molecule has 1 aliphatic heterocycles. The minimum atomic E-state index is 0.195. The van der Waals surface area contributed by atoms with Crippen LogP contribution in [0.4, 0.5) is 11.4 Å². The molecule has 0 bridgehead atoms. The summed E-state index contributed by atoms with van der Waals surface area (Å²) in [5, 5.41) is 26.0. The first kappa shape index (κ1) is 23.6. The van der Waals surface area contributed by atoms with E-state index in [4.69, 9.17) is 9.94 Å². The number of nitrogens with one attached hydrogen (secondary N) is 1. The van der Waals surface area contributed by atoms with Gasteiger partial charge in [-0.2, -0.15) is 0 Å². The van der Waals surface area contributed by atoms with Crippen molar-refractivity contribution in [3.8, 4) is 22.6 Å². The third kappa shape index (κ3) is 5.88. The highest BCUT2D eigenvalue weighted by Gasteiger charge is 2.11. The van der Waals surface area contributed by atoms with E-state index >= 15 is 0 Å². The van der Waals surface area contributed by atoms with Gasteiger partial charge in [-0.05, 0) is 87.3 Å². The van der Waals surface area contributed by atoms with Gasteiger partial charge in [-0.1, -0.05) is 29.8 Å². The molecule has 34 heavy (non-hydrogen) atoms. The lowest BCUT2D eigenvalue weighted by atomic mass is 9.96. The molecule has 1 fully saturated rings. The van der Waals surface area contributed by atoms with E-state index in [9.17, 15) is 5.11 Å². The molecule has 1 saturated heterocycles. The van der Waals surface area contributed by atoms with Crippen LogP contribution in [0.15, 0.2) is 65.8 Å². The minimum Gasteiger partial charge on any atom is -0.508 e. The van der Waals surface area contributed by atoms with E-state index in [0.717, 1.165) is 45.9 Å². The third-order valence-electron chi connectivity index (χ3n) is 6.34. The van der Waals surface area contributed by atoms with Gasteiger partial charge >= 0.3 is 0 Å². The zero-order valence-electron chi connectivity index (χ0n) is 19.9. The van der Waals surface area contributed by atoms with Crippen LogP contribution in [-0.4, -0.2) is 47.2 Å². The van der Waals surface area contributed by atoms with Crippen molar-refractivity contribution in [3.05, 3.63) is 71.8 Å². The van der Waals surface area contributed by atoms with Crippen LogP contribution in [0.2, 0.25) is 0 Å². The molecule has 4 rings (SSSR count). The Balaban J connectivity index is 1.45. The Kier molecular flexibility index (Phi) is 7.70. The molecule has 0 aliphatic carbocycles. The third-order valence-corrected chi connectivity index (χ3v) is 6.34. The number of oxime groups is 1. The Morgan fingerprint density at radius 3 is 2.47 bits per heavy atom. The largest absolute Gasteiger partial charge is 0.508 e. The van der Waals surface area contributed by atoms with Crippen LogP contribution in [0.5, 0.6) is 11.5 Å². The number of phenolic OH excluding ortho intramolecular Hbond substituents is 1. The Hall–Kier alpha value is -3.51. The van der Waals surface area contributed by atoms with Crippen molar-refractivity contribution in [1.29, 1.82) is 0 Å². The van der Waals surface area contributed by atoms with Gasteiger partial charge in [-0.15, -0.1) is 0 Å². The number of rotatable bonds is 8. The minimum absolute atomic E-state index is 0.195. The second-order valence-electron chi connectivity index (χ2n) is 8.85. The first-order valence-corrected chi connectivity index (χ1v) is 11.9. The fourth-order valence-corrected chi connectivity index (χ4v) is 4.44.